The number of ether oxygens (including phenoxy) is 1. The first-order chi connectivity index (χ1) is 12.3. The van der Waals surface area contributed by atoms with Gasteiger partial charge in [-0.2, -0.15) is 0 Å². The summed E-state index contributed by atoms with van der Waals surface area (Å²) in [6, 6.07) is 2.11. The Morgan fingerprint density at radius 1 is 1.12 bits per heavy atom. The molecule has 1 rings (SSSR count). The van der Waals surface area contributed by atoms with Crippen LogP contribution in [-0.4, -0.2) is 17.7 Å². The fraction of sp³-hybridized carbons (Fsp3) is 0.348. The third-order valence-corrected chi connectivity index (χ3v) is 4.15. The third-order valence-electron chi connectivity index (χ3n) is 4.15. The van der Waals surface area contributed by atoms with Gasteiger partial charge in [-0.1, -0.05) is 42.9 Å². The lowest BCUT2D eigenvalue weighted by Crippen LogP contribution is -2.00. The first-order valence-electron chi connectivity index (χ1n) is 8.94. The summed E-state index contributed by atoms with van der Waals surface area (Å²) in [6.45, 7) is 13.0. The standard InChI is InChI=1S/C23H30O3/c1-7-13-26-22-15-18(4)21(19(5)20(22)6)12-11-16(2)9-8-10-17(3)14-23(24)25/h8-12,14-15H,7,13H2,1-6H3,(H,24,25)/b10-8+,12-11+,16-9+,17-14+. The number of aryl methyl sites for hydroxylation is 1. The monoisotopic (exact) mass is 354 g/mol. The van der Waals surface area contributed by atoms with Crippen LogP contribution < -0.4 is 4.74 Å². The van der Waals surface area contributed by atoms with E-state index in [0.717, 1.165) is 24.4 Å². The van der Waals surface area contributed by atoms with Crippen molar-refractivity contribution in [3.8, 4) is 5.75 Å². The highest BCUT2D eigenvalue weighted by molar-refractivity contribution is 5.81. The highest BCUT2D eigenvalue weighted by Gasteiger charge is 2.09. The molecule has 1 aromatic carbocycles. The van der Waals surface area contributed by atoms with Gasteiger partial charge in [-0.15, -0.1) is 0 Å². The van der Waals surface area contributed by atoms with Crippen LogP contribution in [0.2, 0.25) is 0 Å². The topological polar surface area (TPSA) is 46.5 Å². The fourth-order valence-corrected chi connectivity index (χ4v) is 2.55. The van der Waals surface area contributed by atoms with Gasteiger partial charge in [0.15, 0.2) is 0 Å². The molecule has 0 aromatic heterocycles. The Labute approximate surface area is 157 Å². The molecule has 0 saturated heterocycles. The normalized spacial score (nSPS) is 13.0. The summed E-state index contributed by atoms with van der Waals surface area (Å²) < 4.78 is 5.84. The van der Waals surface area contributed by atoms with Gasteiger partial charge >= 0.3 is 5.97 Å². The number of rotatable bonds is 8. The molecule has 140 valence electrons. The molecule has 3 nitrogen and oxygen atoms in total. The predicted octanol–water partition coefficient (Wildman–Crippen LogP) is 5.95. The second-order valence-electron chi connectivity index (χ2n) is 6.53. The molecule has 1 N–H and O–H groups in total. The summed E-state index contributed by atoms with van der Waals surface area (Å²) in [7, 11) is 0. The Morgan fingerprint density at radius 2 is 1.81 bits per heavy atom. The largest absolute Gasteiger partial charge is 0.493 e. The number of hydrogen-bond acceptors (Lipinski definition) is 2. The van der Waals surface area contributed by atoms with Crippen molar-refractivity contribution in [2.24, 2.45) is 0 Å². The zero-order valence-electron chi connectivity index (χ0n) is 16.7. The Balaban J connectivity index is 2.97. The molecule has 0 aliphatic rings. The lowest BCUT2D eigenvalue weighted by Gasteiger charge is -2.15. The maximum Gasteiger partial charge on any atom is 0.328 e. The highest BCUT2D eigenvalue weighted by atomic mass is 16.5. The first kappa shape index (κ1) is 21.5. The van der Waals surface area contributed by atoms with Crippen molar-refractivity contribution in [2.75, 3.05) is 6.61 Å². The van der Waals surface area contributed by atoms with Crippen molar-refractivity contribution in [1.82, 2.24) is 0 Å². The number of aliphatic carboxylic acids is 1. The molecule has 0 saturated carbocycles. The predicted molar refractivity (Wildman–Crippen MR) is 110 cm³/mol. The molecule has 0 aliphatic heterocycles. The summed E-state index contributed by atoms with van der Waals surface area (Å²) in [5, 5.41) is 8.70. The molecule has 1 aromatic rings. The van der Waals surface area contributed by atoms with Crippen LogP contribution >= 0.6 is 0 Å². The minimum Gasteiger partial charge on any atom is -0.493 e. The highest BCUT2D eigenvalue weighted by Crippen LogP contribution is 2.29. The quantitative estimate of drug-likeness (QED) is 0.464. The maximum atomic E-state index is 10.6. The van der Waals surface area contributed by atoms with Gasteiger partial charge in [0, 0.05) is 6.08 Å². The molecular weight excluding hydrogens is 324 g/mol. The Kier molecular flexibility index (Phi) is 8.63. The van der Waals surface area contributed by atoms with Crippen molar-refractivity contribution in [2.45, 2.75) is 48.0 Å². The van der Waals surface area contributed by atoms with Crippen LogP contribution in [0.3, 0.4) is 0 Å². The Bertz CT molecular complexity index is 762. The fourth-order valence-electron chi connectivity index (χ4n) is 2.55. The molecule has 0 amide bonds. The lowest BCUT2D eigenvalue weighted by atomic mass is 9.96. The van der Waals surface area contributed by atoms with E-state index in [1.165, 1.54) is 28.3 Å². The smallest absolute Gasteiger partial charge is 0.328 e. The van der Waals surface area contributed by atoms with Gasteiger partial charge in [0.05, 0.1) is 6.61 Å². The van der Waals surface area contributed by atoms with Gasteiger partial charge < -0.3 is 9.84 Å². The van der Waals surface area contributed by atoms with Crippen molar-refractivity contribution in [1.29, 1.82) is 0 Å². The Hall–Kier alpha value is -2.55. The second kappa shape index (κ2) is 10.4. The SMILES string of the molecule is CCCOc1cc(C)c(/C=C/C(C)=C/C=C/C(C)=C/C(=O)O)c(C)c1C. The van der Waals surface area contributed by atoms with E-state index in [0.29, 0.717) is 5.57 Å². The van der Waals surface area contributed by atoms with Crippen LogP contribution in [0.1, 0.15) is 49.4 Å². The molecule has 0 aliphatic carbocycles. The third kappa shape index (κ3) is 6.75. The van der Waals surface area contributed by atoms with E-state index < -0.39 is 5.97 Å². The van der Waals surface area contributed by atoms with Crippen LogP contribution in [0.4, 0.5) is 0 Å². The summed E-state index contributed by atoms with van der Waals surface area (Å²) in [4.78, 5) is 10.6. The van der Waals surface area contributed by atoms with Crippen LogP contribution in [0.25, 0.3) is 6.08 Å². The molecule has 0 fully saturated rings. The number of benzene rings is 1. The number of carboxylic acids is 1. The molecule has 0 bridgehead atoms. The summed E-state index contributed by atoms with van der Waals surface area (Å²) in [5.74, 6) is 0.0373. The van der Waals surface area contributed by atoms with Crippen LogP contribution in [0, 0.1) is 20.8 Å². The van der Waals surface area contributed by atoms with E-state index in [1.807, 2.05) is 19.1 Å². The molecule has 0 radical (unpaired) electrons. The van der Waals surface area contributed by atoms with Gasteiger partial charge in [-0.05, 0) is 74.9 Å². The van der Waals surface area contributed by atoms with Crippen LogP contribution in [0.15, 0.2) is 47.6 Å². The van der Waals surface area contributed by atoms with E-state index in [-0.39, 0.29) is 0 Å². The van der Waals surface area contributed by atoms with Crippen molar-refractivity contribution < 1.29 is 14.6 Å². The van der Waals surface area contributed by atoms with E-state index in [2.05, 4.69) is 45.9 Å². The lowest BCUT2D eigenvalue weighted by molar-refractivity contribution is -0.131. The summed E-state index contributed by atoms with van der Waals surface area (Å²) >= 11 is 0. The minimum atomic E-state index is -0.930. The van der Waals surface area contributed by atoms with Crippen molar-refractivity contribution in [3.05, 3.63) is 69.8 Å². The van der Waals surface area contributed by atoms with Gasteiger partial charge in [0.25, 0.3) is 0 Å². The molecule has 0 unspecified atom stereocenters. The molecule has 0 atom stereocenters. The number of allylic oxidation sites excluding steroid dienone is 6. The van der Waals surface area contributed by atoms with Gasteiger partial charge in [-0.25, -0.2) is 4.79 Å². The maximum absolute atomic E-state index is 10.6. The Morgan fingerprint density at radius 3 is 2.42 bits per heavy atom. The van der Waals surface area contributed by atoms with E-state index in [9.17, 15) is 4.79 Å². The van der Waals surface area contributed by atoms with Crippen LogP contribution in [0.5, 0.6) is 5.75 Å². The number of carboxylic acid groups (broad SMARTS) is 1. The molecule has 0 heterocycles. The van der Waals surface area contributed by atoms with Gasteiger partial charge in [0.1, 0.15) is 5.75 Å². The number of hydrogen-bond donors (Lipinski definition) is 1. The second-order valence-corrected chi connectivity index (χ2v) is 6.53. The summed E-state index contributed by atoms with van der Waals surface area (Å²) in [5.41, 5.74) is 6.61. The van der Waals surface area contributed by atoms with E-state index in [1.54, 1.807) is 13.0 Å². The minimum absolute atomic E-state index is 0.704. The zero-order chi connectivity index (χ0) is 19.7. The number of carbonyl (C=O) groups is 1. The van der Waals surface area contributed by atoms with Crippen molar-refractivity contribution in [3.63, 3.8) is 0 Å². The molecule has 3 heteroatoms. The van der Waals surface area contributed by atoms with Gasteiger partial charge in [0.2, 0.25) is 0 Å². The molecular formula is C23H30O3. The average Bonchev–Trinajstić information content (AvgIpc) is 2.56. The van der Waals surface area contributed by atoms with Gasteiger partial charge in [-0.3, -0.25) is 0 Å². The van der Waals surface area contributed by atoms with Crippen molar-refractivity contribution >= 4 is 12.0 Å². The van der Waals surface area contributed by atoms with E-state index in [4.69, 9.17) is 9.84 Å². The average molecular weight is 354 g/mol. The van der Waals surface area contributed by atoms with Crippen LogP contribution in [-0.2, 0) is 4.79 Å². The first-order valence-corrected chi connectivity index (χ1v) is 8.94. The molecule has 26 heavy (non-hydrogen) atoms. The zero-order valence-corrected chi connectivity index (χ0v) is 16.7. The molecule has 0 spiro atoms. The summed E-state index contributed by atoms with van der Waals surface area (Å²) in [6.07, 6.45) is 12.0. The van der Waals surface area contributed by atoms with E-state index >= 15 is 0 Å².